The number of anilines is 2. The zero-order valence-corrected chi connectivity index (χ0v) is 9.30. The van der Waals surface area contributed by atoms with E-state index in [-0.39, 0.29) is 5.15 Å². The molecule has 2 aromatic heterocycles. The van der Waals surface area contributed by atoms with E-state index in [0.717, 1.165) is 5.69 Å². The van der Waals surface area contributed by atoms with Gasteiger partial charge in [-0.15, -0.1) is 0 Å². The molecule has 1 N–H and O–H groups in total. The zero-order valence-electron chi connectivity index (χ0n) is 7.73. The Morgan fingerprint density at radius 3 is 3.00 bits per heavy atom. The average Bonchev–Trinajstić information content (AvgIpc) is 2.73. The standard InChI is InChI=1S/C8H6ClN5S/c1-14-4-5(3-11-14)12-8-13-7(9)6(2-10)15-8/h3-4H,1H3,(H,12,13). The molecule has 0 radical (unpaired) electrons. The molecule has 0 saturated carbocycles. The van der Waals surface area contributed by atoms with Gasteiger partial charge in [-0.25, -0.2) is 4.98 Å². The highest BCUT2D eigenvalue weighted by molar-refractivity contribution is 7.16. The van der Waals surface area contributed by atoms with Gasteiger partial charge in [-0.3, -0.25) is 4.68 Å². The largest absolute Gasteiger partial charge is 0.329 e. The SMILES string of the molecule is Cn1cc(Nc2nc(Cl)c(C#N)s2)cn1. The molecule has 0 aromatic carbocycles. The number of thiazole rings is 1. The lowest BCUT2D eigenvalue weighted by atomic mass is 10.6. The highest BCUT2D eigenvalue weighted by Crippen LogP contribution is 2.27. The van der Waals surface area contributed by atoms with Crippen molar-refractivity contribution in [2.45, 2.75) is 0 Å². The van der Waals surface area contributed by atoms with Crippen LogP contribution in [0.3, 0.4) is 0 Å². The molecule has 2 rings (SSSR count). The summed E-state index contributed by atoms with van der Waals surface area (Å²) in [7, 11) is 1.82. The molecule has 0 aliphatic rings. The molecule has 15 heavy (non-hydrogen) atoms. The smallest absolute Gasteiger partial charge is 0.189 e. The highest BCUT2D eigenvalue weighted by atomic mass is 35.5. The molecule has 0 unspecified atom stereocenters. The monoisotopic (exact) mass is 239 g/mol. The number of nitriles is 1. The van der Waals surface area contributed by atoms with Gasteiger partial charge in [-0.2, -0.15) is 10.4 Å². The molecule has 0 bridgehead atoms. The normalized spacial score (nSPS) is 9.93. The van der Waals surface area contributed by atoms with Gasteiger partial charge < -0.3 is 5.32 Å². The Kier molecular flexibility index (Phi) is 2.58. The average molecular weight is 240 g/mol. The van der Waals surface area contributed by atoms with E-state index in [0.29, 0.717) is 10.0 Å². The van der Waals surface area contributed by atoms with E-state index in [4.69, 9.17) is 16.9 Å². The van der Waals surface area contributed by atoms with Gasteiger partial charge in [0.05, 0.1) is 11.9 Å². The maximum absolute atomic E-state index is 8.69. The summed E-state index contributed by atoms with van der Waals surface area (Å²) >= 11 is 6.94. The van der Waals surface area contributed by atoms with Crippen LogP contribution in [0.5, 0.6) is 0 Å². The fourth-order valence-electron chi connectivity index (χ4n) is 1.03. The van der Waals surface area contributed by atoms with Crippen molar-refractivity contribution in [2.24, 2.45) is 7.05 Å². The van der Waals surface area contributed by atoms with Gasteiger partial charge in [0.25, 0.3) is 0 Å². The molecule has 0 amide bonds. The minimum Gasteiger partial charge on any atom is -0.329 e. The van der Waals surface area contributed by atoms with Gasteiger partial charge in [-0.1, -0.05) is 22.9 Å². The summed E-state index contributed by atoms with van der Waals surface area (Å²) in [6.07, 6.45) is 3.47. The molecule has 0 aliphatic heterocycles. The summed E-state index contributed by atoms with van der Waals surface area (Å²) in [4.78, 5) is 4.40. The molecular weight excluding hydrogens is 234 g/mol. The van der Waals surface area contributed by atoms with E-state index in [2.05, 4.69) is 15.4 Å². The highest BCUT2D eigenvalue weighted by Gasteiger charge is 2.08. The van der Waals surface area contributed by atoms with E-state index in [1.54, 1.807) is 17.1 Å². The first-order valence-corrected chi connectivity index (χ1v) is 5.20. The van der Waals surface area contributed by atoms with Crippen molar-refractivity contribution in [1.82, 2.24) is 14.8 Å². The van der Waals surface area contributed by atoms with Crippen molar-refractivity contribution >= 4 is 33.8 Å². The van der Waals surface area contributed by atoms with Crippen molar-refractivity contribution in [3.05, 3.63) is 22.4 Å². The number of hydrogen-bond donors (Lipinski definition) is 1. The number of hydrogen-bond acceptors (Lipinski definition) is 5. The Bertz CT molecular complexity index is 523. The van der Waals surface area contributed by atoms with Crippen LogP contribution in [-0.4, -0.2) is 14.8 Å². The molecule has 0 fully saturated rings. The van der Waals surface area contributed by atoms with E-state index in [9.17, 15) is 0 Å². The molecule has 0 spiro atoms. The van der Waals surface area contributed by atoms with E-state index < -0.39 is 0 Å². The first kappa shape index (κ1) is 9.96. The number of nitrogens with zero attached hydrogens (tertiary/aromatic N) is 4. The molecule has 2 aromatic rings. The Morgan fingerprint density at radius 1 is 1.67 bits per heavy atom. The molecule has 0 saturated heterocycles. The fraction of sp³-hybridized carbons (Fsp3) is 0.125. The molecule has 0 atom stereocenters. The minimum absolute atomic E-state index is 0.230. The fourth-order valence-corrected chi connectivity index (χ4v) is 2.00. The van der Waals surface area contributed by atoms with E-state index in [1.807, 2.05) is 13.1 Å². The summed E-state index contributed by atoms with van der Waals surface area (Å²) in [6.45, 7) is 0. The predicted molar refractivity (Wildman–Crippen MR) is 58.3 cm³/mol. The quantitative estimate of drug-likeness (QED) is 0.872. The lowest BCUT2D eigenvalue weighted by Gasteiger charge is -1.94. The lowest BCUT2D eigenvalue weighted by molar-refractivity contribution is 0.768. The Morgan fingerprint density at radius 2 is 2.47 bits per heavy atom. The summed E-state index contributed by atoms with van der Waals surface area (Å²) in [6, 6.07) is 1.97. The number of halogens is 1. The van der Waals surface area contributed by atoms with Crippen LogP contribution in [0.15, 0.2) is 12.4 Å². The second-order valence-electron chi connectivity index (χ2n) is 2.78. The topological polar surface area (TPSA) is 66.5 Å². The molecule has 7 heteroatoms. The van der Waals surface area contributed by atoms with E-state index in [1.165, 1.54) is 11.3 Å². The molecular formula is C8H6ClN5S. The maximum atomic E-state index is 8.69. The Balaban J connectivity index is 2.22. The van der Waals surface area contributed by atoms with Crippen LogP contribution in [0, 0.1) is 11.3 Å². The van der Waals surface area contributed by atoms with Gasteiger partial charge in [0.1, 0.15) is 10.9 Å². The Hall–Kier alpha value is -1.58. The van der Waals surface area contributed by atoms with Crippen LogP contribution >= 0.6 is 22.9 Å². The third kappa shape index (κ3) is 2.09. The number of aryl methyl sites for hydroxylation is 1. The summed E-state index contributed by atoms with van der Waals surface area (Å²) in [5.41, 5.74) is 0.812. The summed E-state index contributed by atoms with van der Waals surface area (Å²) in [5, 5.41) is 16.5. The lowest BCUT2D eigenvalue weighted by Crippen LogP contribution is -1.87. The van der Waals surface area contributed by atoms with Crippen molar-refractivity contribution < 1.29 is 0 Å². The third-order valence-electron chi connectivity index (χ3n) is 1.64. The van der Waals surface area contributed by atoms with Crippen LogP contribution in [0.1, 0.15) is 4.88 Å². The van der Waals surface area contributed by atoms with Gasteiger partial charge in [0, 0.05) is 13.2 Å². The Labute approximate surface area is 94.9 Å². The summed E-state index contributed by atoms with van der Waals surface area (Å²) < 4.78 is 1.67. The van der Waals surface area contributed by atoms with Gasteiger partial charge in [0.15, 0.2) is 10.3 Å². The second-order valence-corrected chi connectivity index (χ2v) is 4.14. The number of aromatic nitrogens is 3. The predicted octanol–water partition coefficient (Wildman–Crippen LogP) is 2.15. The van der Waals surface area contributed by atoms with Crippen LogP contribution in [0.25, 0.3) is 0 Å². The first-order valence-electron chi connectivity index (χ1n) is 4.01. The van der Waals surface area contributed by atoms with Crippen LogP contribution in [-0.2, 0) is 7.05 Å². The van der Waals surface area contributed by atoms with E-state index >= 15 is 0 Å². The van der Waals surface area contributed by atoms with Crippen molar-refractivity contribution in [1.29, 1.82) is 5.26 Å². The maximum Gasteiger partial charge on any atom is 0.189 e. The summed E-state index contributed by atoms with van der Waals surface area (Å²) in [5.74, 6) is 0. The van der Waals surface area contributed by atoms with Crippen molar-refractivity contribution in [2.75, 3.05) is 5.32 Å². The van der Waals surface area contributed by atoms with Gasteiger partial charge in [0.2, 0.25) is 0 Å². The number of nitrogens with one attached hydrogen (secondary N) is 1. The third-order valence-corrected chi connectivity index (χ3v) is 2.90. The first-order chi connectivity index (χ1) is 7.19. The van der Waals surface area contributed by atoms with Gasteiger partial charge in [-0.05, 0) is 0 Å². The number of rotatable bonds is 2. The van der Waals surface area contributed by atoms with Crippen LogP contribution in [0.4, 0.5) is 10.8 Å². The molecule has 0 aliphatic carbocycles. The zero-order chi connectivity index (χ0) is 10.8. The second kappa shape index (κ2) is 3.88. The van der Waals surface area contributed by atoms with Crippen molar-refractivity contribution in [3.63, 3.8) is 0 Å². The van der Waals surface area contributed by atoms with Crippen LogP contribution < -0.4 is 5.32 Å². The van der Waals surface area contributed by atoms with Crippen LogP contribution in [0.2, 0.25) is 5.15 Å². The molecule has 2 heterocycles. The minimum atomic E-state index is 0.230. The van der Waals surface area contributed by atoms with Gasteiger partial charge >= 0.3 is 0 Å². The molecule has 76 valence electrons. The van der Waals surface area contributed by atoms with Crippen molar-refractivity contribution in [3.8, 4) is 6.07 Å². The molecule has 5 nitrogen and oxygen atoms in total.